The molecule has 0 rings (SSSR count). The molecule has 0 amide bonds. The lowest BCUT2D eigenvalue weighted by atomic mass is 10.2. The number of carbonyl (C=O) groups excluding carboxylic acids is 1. The first-order valence-corrected chi connectivity index (χ1v) is 3.45. The SMILES string of the molecule is C=NC=C(C)CCC(=O)S. The second kappa shape index (κ2) is 5.23. The molecule has 0 atom stereocenters. The number of nitrogens with zero attached hydrogens (tertiary/aromatic N) is 1. The van der Waals surface area contributed by atoms with Crippen LogP contribution in [-0.4, -0.2) is 11.8 Å². The van der Waals surface area contributed by atoms with E-state index in [9.17, 15) is 4.79 Å². The van der Waals surface area contributed by atoms with Crippen LogP contribution in [0.3, 0.4) is 0 Å². The van der Waals surface area contributed by atoms with Gasteiger partial charge in [0, 0.05) is 12.6 Å². The van der Waals surface area contributed by atoms with Crippen molar-refractivity contribution in [2.75, 3.05) is 0 Å². The van der Waals surface area contributed by atoms with Crippen molar-refractivity contribution in [3.05, 3.63) is 11.8 Å². The van der Waals surface area contributed by atoms with Crippen LogP contribution in [0.2, 0.25) is 0 Å². The van der Waals surface area contributed by atoms with Gasteiger partial charge in [-0.1, -0.05) is 5.57 Å². The quantitative estimate of drug-likeness (QED) is 0.489. The molecule has 3 heteroatoms. The Morgan fingerprint density at radius 1 is 1.70 bits per heavy atom. The van der Waals surface area contributed by atoms with Crippen molar-refractivity contribution in [2.24, 2.45) is 4.99 Å². The molecule has 0 saturated carbocycles. The van der Waals surface area contributed by atoms with E-state index < -0.39 is 0 Å². The zero-order valence-electron chi connectivity index (χ0n) is 6.00. The summed E-state index contributed by atoms with van der Waals surface area (Å²) in [5, 5.41) is -0.0863. The van der Waals surface area contributed by atoms with E-state index in [0.29, 0.717) is 6.42 Å². The zero-order valence-corrected chi connectivity index (χ0v) is 6.90. The van der Waals surface area contributed by atoms with Gasteiger partial charge in [0.05, 0.1) is 0 Å². The van der Waals surface area contributed by atoms with Crippen LogP contribution in [0.15, 0.2) is 16.8 Å². The van der Waals surface area contributed by atoms with Crippen molar-refractivity contribution in [1.29, 1.82) is 0 Å². The molecule has 56 valence electrons. The van der Waals surface area contributed by atoms with Gasteiger partial charge in [0.1, 0.15) is 0 Å². The average molecular weight is 157 g/mol. The van der Waals surface area contributed by atoms with E-state index in [1.54, 1.807) is 6.20 Å². The third-order valence-corrected chi connectivity index (χ3v) is 1.27. The molecule has 10 heavy (non-hydrogen) atoms. The van der Waals surface area contributed by atoms with Crippen molar-refractivity contribution in [3.8, 4) is 0 Å². The smallest absolute Gasteiger partial charge is 0.186 e. The van der Waals surface area contributed by atoms with E-state index in [0.717, 1.165) is 12.0 Å². The summed E-state index contributed by atoms with van der Waals surface area (Å²) in [4.78, 5) is 13.9. The maximum absolute atomic E-state index is 10.3. The van der Waals surface area contributed by atoms with Gasteiger partial charge in [-0.15, -0.1) is 12.6 Å². The van der Waals surface area contributed by atoms with Crippen LogP contribution in [0.25, 0.3) is 0 Å². The average Bonchev–Trinajstić information content (AvgIpc) is 1.85. The van der Waals surface area contributed by atoms with Gasteiger partial charge >= 0.3 is 0 Å². The summed E-state index contributed by atoms with van der Waals surface area (Å²) in [5.41, 5.74) is 1.05. The molecular formula is C7H11NOS. The Labute approximate surface area is 66.5 Å². The predicted octanol–water partition coefficient (Wildman–Crippen LogP) is 1.83. The Balaban J connectivity index is 3.58. The minimum atomic E-state index is -0.0863. The van der Waals surface area contributed by atoms with Crippen molar-refractivity contribution >= 4 is 24.5 Å². The molecular weight excluding hydrogens is 146 g/mol. The molecule has 0 N–H and O–H groups in total. The highest BCUT2D eigenvalue weighted by Crippen LogP contribution is 2.04. The lowest BCUT2D eigenvalue weighted by molar-refractivity contribution is -0.110. The van der Waals surface area contributed by atoms with Crippen LogP contribution < -0.4 is 0 Å². The predicted molar refractivity (Wildman–Crippen MR) is 46.5 cm³/mol. The van der Waals surface area contributed by atoms with Crippen LogP contribution in [0, 0.1) is 0 Å². The minimum absolute atomic E-state index is 0.0863. The molecule has 0 unspecified atom stereocenters. The van der Waals surface area contributed by atoms with Crippen molar-refractivity contribution < 1.29 is 4.79 Å². The molecule has 2 nitrogen and oxygen atoms in total. The highest BCUT2D eigenvalue weighted by atomic mass is 32.1. The number of hydrogen-bond acceptors (Lipinski definition) is 2. The molecule has 0 aliphatic rings. The van der Waals surface area contributed by atoms with Crippen molar-refractivity contribution in [2.45, 2.75) is 19.8 Å². The summed E-state index contributed by atoms with van der Waals surface area (Å²) in [5.74, 6) is 0. The molecule has 0 fully saturated rings. The number of rotatable bonds is 4. The molecule has 0 aliphatic heterocycles. The topological polar surface area (TPSA) is 29.4 Å². The lowest BCUT2D eigenvalue weighted by Gasteiger charge is -1.93. The maximum Gasteiger partial charge on any atom is 0.186 e. The first-order chi connectivity index (χ1) is 4.66. The normalized spacial score (nSPS) is 11.2. The van der Waals surface area contributed by atoms with Gasteiger partial charge < -0.3 is 0 Å². The van der Waals surface area contributed by atoms with E-state index >= 15 is 0 Å². The van der Waals surface area contributed by atoms with E-state index in [1.807, 2.05) is 6.92 Å². The zero-order chi connectivity index (χ0) is 7.98. The second-order valence-electron chi connectivity index (χ2n) is 2.05. The highest BCUT2D eigenvalue weighted by Gasteiger charge is 1.94. The van der Waals surface area contributed by atoms with Gasteiger partial charge in [-0.3, -0.25) is 9.79 Å². The van der Waals surface area contributed by atoms with Gasteiger partial charge in [-0.05, 0) is 20.1 Å². The first-order valence-electron chi connectivity index (χ1n) is 3.00. The van der Waals surface area contributed by atoms with Gasteiger partial charge in [-0.25, -0.2) is 0 Å². The van der Waals surface area contributed by atoms with Gasteiger partial charge in [0.2, 0.25) is 0 Å². The Morgan fingerprint density at radius 2 is 2.30 bits per heavy atom. The van der Waals surface area contributed by atoms with Crippen molar-refractivity contribution in [3.63, 3.8) is 0 Å². The third kappa shape index (κ3) is 5.56. The molecule has 0 bridgehead atoms. The molecule has 0 aromatic rings. The van der Waals surface area contributed by atoms with Crippen LogP contribution in [0.5, 0.6) is 0 Å². The molecule has 0 aliphatic carbocycles. The number of thiol groups is 1. The number of allylic oxidation sites excluding steroid dienone is 1. The van der Waals surface area contributed by atoms with E-state index in [-0.39, 0.29) is 5.12 Å². The molecule has 0 heterocycles. The summed E-state index contributed by atoms with van der Waals surface area (Å²) in [6.45, 7) is 5.21. The number of hydrogen-bond donors (Lipinski definition) is 1. The Hall–Kier alpha value is -0.570. The standard InChI is InChI=1S/C7H11NOS/c1-6(5-8-2)3-4-7(9)10/h5H,2-4H2,1H3,(H,9,10). The Morgan fingerprint density at radius 3 is 2.70 bits per heavy atom. The number of aliphatic imine (C=N–C) groups is 1. The fourth-order valence-electron chi connectivity index (χ4n) is 0.524. The van der Waals surface area contributed by atoms with E-state index in [4.69, 9.17) is 0 Å². The summed E-state index contributed by atoms with van der Waals surface area (Å²) in [6, 6.07) is 0. The molecule has 0 aromatic heterocycles. The Bertz CT molecular complexity index is 163. The van der Waals surface area contributed by atoms with Crippen LogP contribution in [-0.2, 0) is 4.79 Å². The maximum atomic E-state index is 10.3. The summed E-state index contributed by atoms with van der Waals surface area (Å²) in [7, 11) is 0. The van der Waals surface area contributed by atoms with Crippen molar-refractivity contribution in [1.82, 2.24) is 0 Å². The fraction of sp³-hybridized carbons (Fsp3) is 0.429. The van der Waals surface area contributed by atoms with Crippen LogP contribution in [0.1, 0.15) is 19.8 Å². The highest BCUT2D eigenvalue weighted by molar-refractivity contribution is 7.96. The number of carbonyl (C=O) groups is 1. The molecule has 0 radical (unpaired) electrons. The fourth-order valence-corrected chi connectivity index (χ4v) is 0.636. The monoisotopic (exact) mass is 157 g/mol. The van der Waals surface area contributed by atoms with Crippen LogP contribution in [0.4, 0.5) is 0 Å². The Kier molecular flexibility index (Phi) is 4.94. The van der Waals surface area contributed by atoms with Gasteiger partial charge in [0.25, 0.3) is 0 Å². The molecule has 0 saturated heterocycles. The van der Waals surface area contributed by atoms with E-state index in [1.165, 1.54) is 0 Å². The summed E-state index contributed by atoms with van der Waals surface area (Å²) in [6.07, 6.45) is 2.85. The molecule has 0 aromatic carbocycles. The van der Waals surface area contributed by atoms with Crippen LogP contribution >= 0.6 is 12.6 Å². The molecule has 0 spiro atoms. The largest absolute Gasteiger partial charge is 0.287 e. The van der Waals surface area contributed by atoms with Gasteiger partial charge in [0.15, 0.2) is 5.12 Å². The first kappa shape index (κ1) is 9.43. The minimum Gasteiger partial charge on any atom is -0.287 e. The summed E-state index contributed by atoms with van der Waals surface area (Å²) >= 11 is 3.63. The summed E-state index contributed by atoms with van der Waals surface area (Å²) < 4.78 is 0. The lowest BCUT2D eigenvalue weighted by Crippen LogP contribution is -1.86. The van der Waals surface area contributed by atoms with E-state index in [2.05, 4.69) is 24.3 Å². The second-order valence-corrected chi connectivity index (χ2v) is 2.55. The third-order valence-electron chi connectivity index (χ3n) is 1.04. The van der Waals surface area contributed by atoms with Gasteiger partial charge in [-0.2, -0.15) is 0 Å².